The van der Waals surface area contributed by atoms with Crippen LogP contribution in [0, 0.1) is 13.8 Å². The highest BCUT2D eigenvalue weighted by molar-refractivity contribution is 5.96. The van der Waals surface area contributed by atoms with Crippen molar-refractivity contribution in [2.45, 2.75) is 20.8 Å². The smallest absolute Gasteiger partial charge is 0.413 e. The summed E-state index contributed by atoms with van der Waals surface area (Å²) < 4.78 is 11.2. The summed E-state index contributed by atoms with van der Waals surface area (Å²) in [5, 5.41) is 6.29. The molecule has 25 heavy (non-hydrogen) atoms. The summed E-state index contributed by atoms with van der Waals surface area (Å²) in [6.07, 6.45) is -0.882. The standard InChI is InChI=1S/C17H19N3O5/c1-4-24-17(23)18-14(21)10-25-16(22)15-11(2)19-20(12(15)3)13-8-6-5-7-9-13/h5-9H,4,10H2,1-3H3,(H,18,21,23). The second kappa shape index (κ2) is 8.09. The van der Waals surface area contributed by atoms with Crippen LogP contribution in [0.5, 0.6) is 0 Å². The number of aryl methyl sites for hydroxylation is 1. The summed E-state index contributed by atoms with van der Waals surface area (Å²) in [6.45, 7) is 4.58. The van der Waals surface area contributed by atoms with E-state index < -0.39 is 24.6 Å². The van der Waals surface area contributed by atoms with Gasteiger partial charge in [-0.05, 0) is 32.9 Å². The maximum absolute atomic E-state index is 12.3. The molecule has 2 rings (SSSR count). The lowest BCUT2D eigenvalue weighted by atomic mass is 10.2. The Morgan fingerprint density at radius 2 is 1.80 bits per heavy atom. The van der Waals surface area contributed by atoms with E-state index in [1.807, 2.05) is 35.6 Å². The SMILES string of the molecule is CCOC(=O)NC(=O)COC(=O)c1c(C)nn(-c2ccccc2)c1C. The first-order valence-corrected chi connectivity index (χ1v) is 7.69. The molecule has 0 unspecified atom stereocenters. The Kier molecular flexibility index (Phi) is 5.89. The van der Waals surface area contributed by atoms with Gasteiger partial charge in [-0.25, -0.2) is 14.3 Å². The molecule has 0 saturated carbocycles. The van der Waals surface area contributed by atoms with Crippen LogP contribution in [0.2, 0.25) is 0 Å². The van der Waals surface area contributed by atoms with Crippen LogP contribution in [0.1, 0.15) is 28.7 Å². The normalized spacial score (nSPS) is 10.2. The van der Waals surface area contributed by atoms with Gasteiger partial charge in [0, 0.05) is 0 Å². The van der Waals surface area contributed by atoms with E-state index in [0.29, 0.717) is 11.4 Å². The van der Waals surface area contributed by atoms with Gasteiger partial charge in [-0.2, -0.15) is 5.10 Å². The molecule has 132 valence electrons. The molecule has 2 aromatic rings. The molecule has 1 aromatic heterocycles. The number of para-hydroxylation sites is 1. The topological polar surface area (TPSA) is 99.5 Å². The molecule has 0 atom stereocenters. The molecule has 0 radical (unpaired) electrons. The first-order valence-electron chi connectivity index (χ1n) is 7.69. The number of nitrogens with one attached hydrogen (secondary N) is 1. The number of hydrogen-bond acceptors (Lipinski definition) is 6. The number of aromatic nitrogens is 2. The lowest BCUT2D eigenvalue weighted by molar-refractivity contribution is -0.123. The monoisotopic (exact) mass is 345 g/mol. The second-order valence-electron chi connectivity index (χ2n) is 5.14. The van der Waals surface area contributed by atoms with Gasteiger partial charge in [0.2, 0.25) is 0 Å². The minimum Gasteiger partial charge on any atom is -0.452 e. The van der Waals surface area contributed by atoms with Crippen molar-refractivity contribution in [3.8, 4) is 5.69 Å². The molecule has 0 bridgehead atoms. The molecule has 1 aromatic carbocycles. The zero-order valence-corrected chi connectivity index (χ0v) is 14.2. The van der Waals surface area contributed by atoms with Crippen molar-refractivity contribution < 1.29 is 23.9 Å². The summed E-state index contributed by atoms with van der Waals surface area (Å²) in [6, 6.07) is 9.34. The van der Waals surface area contributed by atoms with Crippen LogP contribution >= 0.6 is 0 Å². The molecule has 8 nitrogen and oxygen atoms in total. The van der Waals surface area contributed by atoms with E-state index in [1.165, 1.54) is 0 Å². The Morgan fingerprint density at radius 1 is 1.12 bits per heavy atom. The van der Waals surface area contributed by atoms with Gasteiger partial charge in [-0.15, -0.1) is 0 Å². The number of imide groups is 1. The Bertz CT molecular complexity index is 783. The van der Waals surface area contributed by atoms with Gasteiger partial charge in [0.15, 0.2) is 6.61 Å². The first-order chi connectivity index (χ1) is 11.9. The number of carbonyl (C=O) groups excluding carboxylic acids is 3. The van der Waals surface area contributed by atoms with E-state index in [2.05, 4.69) is 9.84 Å². The number of amides is 2. The number of benzene rings is 1. The van der Waals surface area contributed by atoms with Crippen LogP contribution in [0.15, 0.2) is 30.3 Å². The predicted molar refractivity (Wildman–Crippen MR) is 88.5 cm³/mol. The molecule has 1 N–H and O–H groups in total. The van der Waals surface area contributed by atoms with Crippen LogP contribution in [0.25, 0.3) is 5.69 Å². The number of hydrogen-bond donors (Lipinski definition) is 1. The van der Waals surface area contributed by atoms with E-state index in [4.69, 9.17) is 4.74 Å². The first kappa shape index (κ1) is 18.2. The Labute approximate surface area is 144 Å². The van der Waals surface area contributed by atoms with Gasteiger partial charge < -0.3 is 9.47 Å². The number of alkyl carbamates (subject to hydrolysis) is 1. The Hall–Kier alpha value is -3.16. The number of nitrogens with zero attached hydrogens (tertiary/aromatic N) is 2. The fourth-order valence-electron chi connectivity index (χ4n) is 2.28. The predicted octanol–water partition coefficient (Wildman–Crippen LogP) is 1.92. The number of rotatable bonds is 5. The maximum Gasteiger partial charge on any atom is 0.413 e. The number of ether oxygens (including phenoxy) is 2. The van der Waals surface area contributed by atoms with Crippen molar-refractivity contribution in [2.24, 2.45) is 0 Å². The van der Waals surface area contributed by atoms with Crippen molar-refractivity contribution in [3.05, 3.63) is 47.3 Å². The Morgan fingerprint density at radius 3 is 2.44 bits per heavy atom. The molecular weight excluding hydrogens is 326 g/mol. The van der Waals surface area contributed by atoms with E-state index in [9.17, 15) is 14.4 Å². The van der Waals surface area contributed by atoms with Crippen LogP contribution < -0.4 is 5.32 Å². The van der Waals surface area contributed by atoms with E-state index in [1.54, 1.807) is 25.5 Å². The second-order valence-corrected chi connectivity index (χ2v) is 5.14. The van der Waals surface area contributed by atoms with Gasteiger partial charge in [0.1, 0.15) is 5.56 Å². The minimum atomic E-state index is -0.882. The van der Waals surface area contributed by atoms with Gasteiger partial charge in [0.25, 0.3) is 5.91 Å². The summed E-state index contributed by atoms with van der Waals surface area (Å²) >= 11 is 0. The average molecular weight is 345 g/mol. The van der Waals surface area contributed by atoms with Crippen molar-refractivity contribution >= 4 is 18.0 Å². The molecule has 1 heterocycles. The number of carbonyl (C=O) groups is 3. The molecule has 0 fully saturated rings. The summed E-state index contributed by atoms with van der Waals surface area (Å²) in [5.41, 5.74) is 2.17. The quantitative estimate of drug-likeness (QED) is 0.831. The average Bonchev–Trinajstić information content (AvgIpc) is 2.88. The zero-order chi connectivity index (χ0) is 18.4. The van der Waals surface area contributed by atoms with Gasteiger partial charge >= 0.3 is 12.1 Å². The van der Waals surface area contributed by atoms with Gasteiger partial charge in [-0.3, -0.25) is 10.1 Å². The molecule has 2 amide bonds. The van der Waals surface area contributed by atoms with Gasteiger partial charge in [-0.1, -0.05) is 18.2 Å². The Balaban J connectivity index is 2.06. The lowest BCUT2D eigenvalue weighted by Crippen LogP contribution is -2.34. The highest BCUT2D eigenvalue weighted by Crippen LogP contribution is 2.18. The highest BCUT2D eigenvalue weighted by Gasteiger charge is 2.22. The summed E-state index contributed by atoms with van der Waals surface area (Å²) in [7, 11) is 0. The fraction of sp³-hybridized carbons (Fsp3) is 0.294. The molecule has 8 heteroatoms. The zero-order valence-electron chi connectivity index (χ0n) is 14.2. The molecule has 0 saturated heterocycles. The van der Waals surface area contributed by atoms with Crippen LogP contribution in [-0.4, -0.2) is 41.0 Å². The van der Waals surface area contributed by atoms with Gasteiger partial charge in [0.05, 0.1) is 23.7 Å². The maximum atomic E-state index is 12.3. The molecule has 0 aliphatic carbocycles. The molecule has 0 aliphatic rings. The largest absolute Gasteiger partial charge is 0.452 e. The molecule has 0 spiro atoms. The molecule has 0 aliphatic heterocycles. The van der Waals surface area contributed by atoms with Crippen molar-refractivity contribution in [3.63, 3.8) is 0 Å². The number of esters is 1. The van der Waals surface area contributed by atoms with Crippen LogP contribution in [-0.2, 0) is 14.3 Å². The minimum absolute atomic E-state index is 0.135. The van der Waals surface area contributed by atoms with Crippen molar-refractivity contribution in [1.82, 2.24) is 15.1 Å². The van der Waals surface area contributed by atoms with Crippen molar-refractivity contribution in [2.75, 3.05) is 13.2 Å². The van der Waals surface area contributed by atoms with Crippen molar-refractivity contribution in [1.29, 1.82) is 0 Å². The van der Waals surface area contributed by atoms with E-state index in [-0.39, 0.29) is 12.2 Å². The third-order valence-corrected chi connectivity index (χ3v) is 3.35. The van der Waals surface area contributed by atoms with E-state index >= 15 is 0 Å². The fourth-order valence-corrected chi connectivity index (χ4v) is 2.28. The summed E-state index contributed by atoms with van der Waals surface area (Å²) in [5.74, 6) is -1.45. The summed E-state index contributed by atoms with van der Waals surface area (Å²) in [4.78, 5) is 35.0. The third-order valence-electron chi connectivity index (χ3n) is 3.35. The van der Waals surface area contributed by atoms with Crippen LogP contribution in [0.4, 0.5) is 4.79 Å². The lowest BCUT2D eigenvalue weighted by Gasteiger charge is -2.07. The van der Waals surface area contributed by atoms with Crippen LogP contribution in [0.3, 0.4) is 0 Å². The highest BCUT2D eigenvalue weighted by atomic mass is 16.6. The van der Waals surface area contributed by atoms with E-state index in [0.717, 1.165) is 5.69 Å². The third kappa shape index (κ3) is 4.43. The molecular formula is C17H19N3O5.